The maximum atomic E-state index is 12.6. The monoisotopic (exact) mass is 327 g/mol. The van der Waals surface area contributed by atoms with E-state index in [0.29, 0.717) is 13.2 Å². The summed E-state index contributed by atoms with van der Waals surface area (Å²) in [4.78, 5) is 15.6. The van der Waals surface area contributed by atoms with Crippen molar-refractivity contribution in [1.29, 1.82) is 0 Å². The van der Waals surface area contributed by atoms with E-state index in [0.717, 1.165) is 17.7 Å². The summed E-state index contributed by atoms with van der Waals surface area (Å²) in [6.45, 7) is 3.13. The first kappa shape index (κ1) is 15.9. The van der Waals surface area contributed by atoms with Crippen molar-refractivity contribution in [1.82, 2.24) is 4.90 Å². The fraction of sp³-hybridized carbons (Fsp3) is 0.316. The van der Waals surface area contributed by atoms with Gasteiger partial charge in [0.25, 0.3) is 0 Å². The van der Waals surface area contributed by atoms with Crippen LogP contribution in [-0.2, 0) is 11.2 Å². The average molecular weight is 327 g/mol. The van der Waals surface area contributed by atoms with Crippen molar-refractivity contribution in [3.63, 3.8) is 0 Å². The number of ether oxygens (including phenoxy) is 1. The molecule has 0 radical (unpaired) electrons. The molecule has 3 rings (SSSR count). The van der Waals surface area contributed by atoms with E-state index in [1.165, 1.54) is 10.5 Å². The number of aryl methyl sites for hydroxylation is 1. The maximum absolute atomic E-state index is 12.6. The molecule has 0 aromatic heterocycles. The zero-order valence-electron chi connectivity index (χ0n) is 13.5. The first-order valence-electron chi connectivity index (χ1n) is 7.83. The maximum Gasteiger partial charge on any atom is 0.236 e. The number of carbonyl (C=O) groups is 1. The second-order valence-corrected chi connectivity index (χ2v) is 7.04. The lowest BCUT2D eigenvalue weighted by molar-refractivity contribution is -0.129. The quantitative estimate of drug-likeness (QED) is 0.841. The highest BCUT2D eigenvalue weighted by Gasteiger charge is 2.29. The third-order valence-corrected chi connectivity index (χ3v) is 5.38. The fourth-order valence-electron chi connectivity index (χ4n) is 2.69. The highest BCUT2D eigenvalue weighted by Crippen LogP contribution is 2.37. The predicted molar refractivity (Wildman–Crippen MR) is 94.1 cm³/mol. The number of carbonyl (C=O) groups excluding carboxylic acids is 1. The summed E-state index contributed by atoms with van der Waals surface area (Å²) in [5.41, 5.74) is 2.39. The smallest absolute Gasteiger partial charge is 0.236 e. The molecule has 1 atom stereocenters. The van der Waals surface area contributed by atoms with Gasteiger partial charge in [0.1, 0.15) is 12.4 Å². The highest BCUT2D eigenvalue weighted by atomic mass is 32.2. The summed E-state index contributed by atoms with van der Waals surface area (Å²) in [5, 5.41) is -0.00383. The number of fused-ring (bicyclic) bond motifs is 1. The summed E-state index contributed by atoms with van der Waals surface area (Å²) in [5.74, 6) is 1.07. The van der Waals surface area contributed by atoms with E-state index in [-0.39, 0.29) is 11.2 Å². The number of rotatable bonds is 5. The summed E-state index contributed by atoms with van der Waals surface area (Å²) >= 11 is 1.67. The molecule has 0 bridgehead atoms. The molecule has 0 saturated carbocycles. The number of likely N-dealkylation sites (N-methyl/N-ethyl adjacent to an activating group) is 1. The lowest BCUT2D eigenvalue weighted by Gasteiger charge is -2.21. The lowest BCUT2D eigenvalue weighted by Crippen LogP contribution is -2.37. The minimum Gasteiger partial charge on any atom is -0.491 e. The molecule has 0 spiro atoms. The van der Waals surface area contributed by atoms with E-state index < -0.39 is 0 Å². The fourth-order valence-corrected chi connectivity index (χ4v) is 4.00. The molecule has 0 aliphatic carbocycles. The second kappa shape index (κ2) is 7.09. The molecule has 1 aliphatic heterocycles. The van der Waals surface area contributed by atoms with Crippen molar-refractivity contribution >= 4 is 17.7 Å². The predicted octanol–water partition coefficient (Wildman–Crippen LogP) is 3.55. The molecule has 0 fully saturated rings. The standard InChI is InChI=1S/C19H21NO2S/c1-14-7-3-5-9-16(14)22-12-11-20(2)19(21)18-13-15-8-4-6-10-17(15)23-18/h3-10,18H,11-13H2,1-2H3. The van der Waals surface area contributed by atoms with Gasteiger partial charge in [0.05, 0.1) is 11.8 Å². The number of para-hydroxylation sites is 1. The Labute approximate surface area is 141 Å². The Balaban J connectivity index is 1.50. The van der Waals surface area contributed by atoms with Crippen LogP contribution in [0.1, 0.15) is 11.1 Å². The molecule has 0 saturated heterocycles. The molecule has 1 heterocycles. The Kier molecular flexibility index (Phi) is 4.91. The summed E-state index contributed by atoms with van der Waals surface area (Å²) < 4.78 is 5.78. The van der Waals surface area contributed by atoms with Crippen molar-refractivity contribution in [3.05, 3.63) is 59.7 Å². The summed E-state index contributed by atoms with van der Waals surface area (Å²) in [7, 11) is 1.85. The highest BCUT2D eigenvalue weighted by molar-refractivity contribution is 8.01. The Bertz CT molecular complexity index is 676. The van der Waals surface area contributed by atoms with Gasteiger partial charge >= 0.3 is 0 Å². The average Bonchev–Trinajstić information content (AvgIpc) is 2.99. The molecule has 2 aromatic carbocycles. The van der Waals surface area contributed by atoms with Crippen molar-refractivity contribution in [3.8, 4) is 5.75 Å². The number of hydrogen-bond acceptors (Lipinski definition) is 3. The Morgan fingerprint density at radius 3 is 2.74 bits per heavy atom. The van der Waals surface area contributed by atoms with Gasteiger partial charge in [-0.25, -0.2) is 0 Å². The molecule has 3 nitrogen and oxygen atoms in total. The Morgan fingerprint density at radius 2 is 1.96 bits per heavy atom. The molecule has 1 amide bonds. The van der Waals surface area contributed by atoms with Crippen LogP contribution in [0.15, 0.2) is 53.4 Å². The minimum atomic E-state index is -0.00383. The summed E-state index contributed by atoms with van der Waals surface area (Å²) in [6.07, 6.45) is 0.822. The first-order chi connectivity index (χ1) is 11.1. The van der Waals surface area contributed by atoms with Crippen LogP contribution in [0.4, 0.5) is 0 Å². The van der Waals surface area contributed by atoms with Crippen LogP contribution >= 0.6 is 11.8 Å². The van der Waals surface area contributed by atoms with Crippen LogP contribution in [-0.4, -0.2) is 36.3 Å². The van der Waals surface area contributed by atoms with E-state index in [2.05, 4.69) is 12.1 Å². The van der Waals surface area contributed by atoms with E-state index in [9.17, 15) is 4.79 Å². The molecular formula is C19H21NO2S. The van der Waals surface area contributed by atoms with Gasteiger partial charge in [-0.15, -0.1) is 11.8 Å². The molecule has 120 valence electrons. The van der Waals surface area contributed by atoms with Crippen molar-refractivity contribution in [2.45, 2.75) is 23.5 Å². The third kappa shape index (κ3) is 3.70. The van der Waals surface area contributed by atoms with Crippen LogP contribution in [0.3, 0.4) is 0 Å². The molecule has 23 heavy (non-hydrogen) atoms. The van der Waals surface area contributed by atoms with Crippen molar-refractivity contribution in [2.75, 3.05) is 20.2 Å². The van der Waals surface area contributed by atoms with E-state index in [1.807, 2.05) is 50.4 Å². The van der Waals surface area contributed by atoms with E-state index >= 15 is 0 Å². The van der Waals surface area contributed by atoms with Gasteiger partial charge in [-0.05, 0) is 36.6 Å². The van der Waals surface area contributed by atoms with Gasteiger partial charge in [-0.3, -0.25) is 4.79 Å². The lowest BCUT2D eigenvalue weighted by atomic mass is 10.1. The first-order valence-corrected chi connectivity index (χ1v) is 8.71. The Hall–Kier alpha value is -1.94. The van der Waals surface area contributed by atoms with Crippen LogP contribution in [0, 0.1) is 6.92 Å². The molecule has 4 heteroatoms. The zero-order valence-corrected chi connectivity index (χ0v) is 14.3. The topological polar surface area (TPSA) is 29.5 Å². The molecule has 2 aromatic rings. The SMILES string of the molecule is Cc1ccccc1OCCN(C)C(=O)C1Cc2ccccc2S1. The normalized spacial score (nSPS) is 16.0. The number of hydrogen-bond donors (Lipinski definition) is 0. The Morgan fingerprint density at radius 1 is 1.22 bits per heavy atom. The van der Waals surface area contributed by atoms with Crippen LogP contribution in [0.2, 0.25) is 0 Å². The third-order valence-electron chi connectivity index (χ3n) is 4.08. The largest absolute Gasteiger partial charge is 0.491 e. The molecule has 0 N–H and O–H groups in total. The van der Waals surface area contributed by atoms with E-state index in [1.54, 1.807) is 16.7 Å². The van der Waals surface area contributed by atoms with Crippen LogP contribution in [0.25, 0.3) is 0 Å². The van der Waals surface area contributed by atoms with Crippen LogP contribution < -0.4 is 4.74 Å². The van der Waals surface area contributed by atoms with Gasteiger partial charge in [-0.2, -0.15) is 0 Å². The number of thioether (sulfide) groups is 1. The molecule has 1 unspecified atom stereocenters. The van der Waals surface area contributed by atoms with Gasteiger partial charge in [0, 0.05) is 11.9 Å². The van der Waals surface area contributed by atoms with Crippen molar-refractivity contribution < 1.29 is 9.53 Å². The van der Waals surface area contributed by atoms with Crippen molar-refractivity contribution in [2.24, 2.45) is 0 Å². The second-order valence-electron chi connectivity index (χ2n) is 5.79. The number of amides is 1. The van der Waals surface area contributed by atoms with Gasteiger partial charge < -0.3 is 9.64 Å². The van der Waals surface area contributed by atoms with E-state index in [4.69, 9.17) is 4.74 Å². The van der Waals surface area contributed by atoms with Crippen LogP contribution in [0.5, 0.6) is 5.75 Å². The summed E-state index contributed by atoms with van der Waals surface area (Å²) in [6, 6.07) is 16.2. The van der Waals surface area contributed by atoms with Gasteiger partial charge in [0.2, 0.25) is 5.91 Å². The van der Waals surface area contributed by atoms with Gasteiger partial charge in [-0.1, -0.05) is 36.4 Å². The van der Waals surface area contributed by atoms with Gasteiger partial charge in [0.15, 0.2) is 0 Å². The number of benzene rings is 2. The molecular weight excluding hydrogens is 306 g/mol. The molecule has 1 aliphatic rings. The zero-order chi connectivity index (χ0) is 16.2. The number of nitrogens with zero attached hydrogens (tertiary/aromatic N) is 1. The minimum absolute atomic E-state index is 0.00383.